The number of hydrogen-bond donors (Lipinski definition) is 0. The third kappa shape index (κ3) is 4.71. The Balaban J connectivity index is 1.12. The van der Waals surface area contributed by atoms with E-state index in [1.807, 2.05) is 54.9 Å². The first kappa shape index (κ1) is 29.5. The van der Waals surface area contributed by atoms with Crippen molar-refractivity contribution in [3.8, 4) is 45.3 Å². The Morgan fingerprint density at radius 1 is 0.358 bits per heavy atom. The van der Waals surface area contributed by atoms with Gasteiger partial charge in [-0.1, -0.05) is 140 Å². The van der Waals surface area contributed by atoms with Crippen molar-refractivity contribution in [2.45, 2.75) is 0 Å². The fraction of sp³-hybridized carbons (Fsp3) is 0. The minimum absolute atomic E-state index is 0.574. The summed E-state index contributed by atoms with van der Waals surface area (Å²) in [6.07, 6.45) is 3.80. The van der Waals surface area contributed by atoms with Crippen molar-refractivity contribution in [1.29, 1.82) is 0 Å². The molecule has 0 saturated carbocycles. The van der Waals surface area contributed by atoms with E-state index in [1.165, 1.54) is 37.7 Å². The molecule has 0 saturated heterocycles. The molecule has 8 aromatic carbocycles. The number of rotatable bonds is 4. The molecule has 11 rings (SSSR count). The minimum Gasteiger partial charge on any atom is -0.455 e. The molecule has 0 unspecified atom stereocenters. The summed E-state index contributed by atoms with van der Waals surface area (Å²) < 4.78 is 6.74. The minimum atomic E-state index is 0.574. The van der Waals surface area contributed by atoms with Gasteiger partial charge in [0.15, 0.2) is 17.5 Å². The molecule has 0 aliphatic heterocycles. The Kier molecular flexibility index (Phi) is 6.48. The Labute approximate surface area is 303 Å². The zero-order chi connectivity index (χ0) is 34.9. The van der Waals surface area contributed by atoms with Crippen LogP contribution >= 0.6 is 0 Å². The van der Waals surface area contributed by atoms with Crippen LogP contribution in [0.2, 0.25) is 0 Å². The quantitative estimate of drug-likeness (QED) is 0.174. The van der Waals surface area contributed by atoms with Gasteiger partial charge in [-0.15, -0.1) is 0 Å². The van der Waals surface area contributed by atoms with Crippen molar-refractivity contribution in [1.82, 2.24) is 19.9 Å². The molecule has 0 aliphatic carbocycles. The highest BCUT2D eigenvalue weighted by Gasteiger charge is 2.20. The van der Waals surface area contributed by atoms with Crippen LogP contribution in [0.15, 0.2) is 175 Å². The van der Waals surface area contributed by atoms with Gasteiger partial charge in [-0.2, -0.15) is 0 Å². The highest BCUT2D eigenvalue weighted by atomic mass is 16.3. The number of furan rings is 1. The predicted molar refractivity (Wildman–Crippen MR) is 217 cm³/mol. The molecule has 0 fully saturated rings. The summed E-state index contributed by atoms with van der Waals surface area (Å²) in [6, 6.07) is 54.8. The van der Waals surface area contributed by atoms with Crippen molar-refractivity contribution in [2.24, 2.45) is 0 Å². The maximum absolute atomic E-state index is 6.74. The summed E-state index contributed by atoms with van der Waals surface area (Å²) in [4.78, 5) is 20.0. The summed E-state index contributed by atoms with van der Waals surface area (Å²) in [7, 11) is 0. The number of nitrogens with zero attached hydrogens (tertiary/aromatic N) is 4. The Hall–Kier alpha value is -7.24. The lowest BCUT2D eigenvalue weighted by molar-refractivity contribution is 0.669. The van der Waals surface area contributed by atoms with Crippen LogP contribution in [0.4, 0.5) is 0 Å². The van der Waals surface area contributed by atoms with E-state index in [2.05, 4.69) is 115 Å². The van der Waals surface area contributed by atoms with Crippen molar-refractivity contribution in [2.75, 3.05) is 0 Å². The second-order valence-electron chi connectivity index (χ2n) is 13.4. The van der Waals surface area contributed by atoms with Crippen molar-refractivity contribution >= 4 is 65.0 Å². The van der Waals surface area contributed by atoms with Gasteiger partial charge < -0.3 is 4.42 Å². The Morgan fingerprint density at radius 2 is 0.981 bits per heavy atom. The highest BCUT2D eigenvalue weighted by molar-refractivity contribution is 6.26. The van der Waals surface area contributed by atoms with Gasteiger partial charge in [0.25, 0.3) is 0 Å². The summed E-state index contributed by atoms with van der Waals surface area (Å²) in [6.45, 7) is 0. The molecule has 0 spiro atoms. The number of fused-ring (bicyclic) bond motifs is 10. The molecular weight excluding hydrogens is 649 g/mol. The van der Waals surface area contributed by atoms with E-state index in [0.717, 1.165) is 55.1 Å². The van der Waals surface area contributed by atoms with E-state index < -0.39 is 0 Å². The van der Waals surface area contributed by atoms with Crippen molar-refractivity contribution < 1.29 is 4.42 Å². The van der Waals surface area contributed by atoms with Gasteiger partial charge in [-0.25, -0.2) is 15.0 Å². The fourth-order valence-corrected chi connectivity index (χ4v) is 7.88. The van der Waals surface area contributed by atoms with E-state index in [9.17, 15) is 0 Å². The van der Waals surface area contributed by atoms with Crippen LogP contribution in [-0.4, -0.2) is 19.9 Å². The largest absolute Gasteiger partial charge is 0.455 e. The van der Waals surface area contributed by atoms with Crippen LogP contribution in [0.5, 0.6) is 0 Å². The smallest absolute Gasteiger partial charge is 0.164 e. The molecule has 5 heteroatoms. The number of benzene rings is 8. The number of pyridine rings is 1. The summed E-state index contributed by atoms with van der Waals surface area (Å²) in [5, 5.41) is 11.5. The predicted octanol–water partition coefficient (Wildman–Crippen LogP) is 12.4. The van der Waals surface area contributed by atoms with Crippen LogP contribution in [0.25, 0.3) is 110 Å². The van der Waals surface area contributed by atoms with Gasteiger partial charge in [0.05, 0.1) is 0 Å². The van der Waals surface area contributed by atoms with Gasteiger partial charge >= 0.3 is 0 Å². The van der Waals surface area contributed by atoms with E-state index in [-0.39, 0.29) is 0 Å². The summed E-state index contributed by atoms with van der Waals surface area (Å²) in [5.41, 5.74) is 6.20. The zero-order valence-corrected chi connectivity index (χ0v) is 28.4. The normalized spacial score (nSPS) is 11.8. The average molecular weight is 677 g/mol. The van der Waals surface area contributed by atoms with E-state index in [1.54, 1.807) is 0 Å². The Morgan fingerprint density at radius 3 is 1.75 bits per heavy atom. The lowest BCUT2D eigenvalue weighted by atomic mass is 9.92. The van der Waals surface area contributed by atoms with Crippen LogP contribution in [0.1, 0.15) is 0 Å². The molecule has 3 aromatic heterocycles. The molecule has 5 nitrogen and oxygen atoms in total. The lowest BCUT2D eigenvalue weighted by Gasteiger charge is -2.12. The third-order valence-electron chi connectivity index (χ3n) is 10.4. The van der Waals surface area contributed by atoms with E-state index in [4.69, 9.17) is 24.4 Å². The van der Waals surface area contributed by atoms with Crippen LogP contribution in [0, 0.1) is 0 Å². The summed E-state index contributed by atoms with van der Waals surface area (Å²) in [5.74, 6) is 1.79. The number of aromatic nitrogens is 4. The second kappa shape index (κ2) is 11.7. The molecule has 0 bridgehead atoms. The number of hydrogen-bond acceptors (Lipinski definition) is 5. The van der Waals surface area contributed by atoms with E-state index >= 15 is 0 Å². The van der Waals surface area contributed by atoms with Crippen LogP contribution in [-0.2, 0) is 0 Å². The summed E-state index contributed by atoms with van der Waals surface area (Å²) >= 11 is 0. The SMILES string of the molecule is c1ccc(-c2nc(-c3ccc4ccccc4c3)nc(-c3cccc4oc5c(-c6ccc7c8ccccc8c8ccccc8c7c6)cncc5c34)n2)cc1. The highest BCUT2D eigenvalue weighted by Crippen LogP contribution is 2.42. The molecule has 0 aliphatic rings. The molecule has 0 radical (unpaired) electrons. The van der Waals surface area contributed by atoms with Gasteiger partial charge in [-0.3, -0.25) is 4.98 Å². The van der Waals surface area contributed by atoms with Gasteiger partial charge in [0.2, 0.25) is 0 Å². The van der Waals surface area contributed by atoms with Crippen LogP contribution < -0.4 is 0 Å². The molecule has 53 heavy (non-hydrogen) atoms. The topological polar surface area (TPSA) is 64.7 Å². The fourth-order valence-electron chi connectivity index (χ4n) is 7.88. The van der Waals surface area contributed by atoms with Crippen molar-refractivity contribution in [3.63, 3.8) is 0 Å². The molecule has 0 amide bonds. The molecule has 3 heterocycles. The second-order valence-corrected chi connectivity index (χ2v) is 13.4. The van der Waals surface area contributed by atoms with Crippen molar-refractivity contribution in [3.05, 3.63) is 170 Å². The molecule has 0 N–H and O–H groups in total. The van der Waals surface area contributed by atoms with Gasteiger partial charge in [-0.05, 0) is 66.9 Å². The first-order chi connectivity index (χ1) is 26.3. The Bertz CT molecular complexity index is 3200. The molecule has 11 aromatic rings. The molecular formula is C48H28N4O. The van der Waals surface area contributed by atoms with Gasteiger partial charge in [0.1, 0.15) is 11.2 Å². The van der Waals surface area contributed by atoms with E-state index in [0.29, 0.717) is 17.5 Å². The first-order valence-electron chi connectivity index (χ1n) is 17.7. The average Bonchev–Trinajstić information content (AvgIpc) is 3.63. The van der Waals surface area contributed by atoms with Crippen LogP contribution in [0.3, 0.4) is 0 Å². The maximum Gasteiger partial charge on any atom is 0.164 e. The lowest BCUT2D eigenvalue weighted by Crippen LogP contribution is -2.00. The molecule has 246 valence electrons. The zero-order valence-electron chi connectivity index (χ0n) is 28.4. The third-order valence-corrected chi connectivity index (χ3v) is 10.4. The van der Waals surface area contributed by atoms with Gasteiger partial charge in [0, 0.05) is 45.4 Å². The maximum atomic E-state index is 6.74. The monoisotopic (exact) mass is 676 g/mol. The first-order valence-corrected chi connectivity index (χ1v) is 17.7. The molecule has 0 atom stereocenters. The standard InChI is InChI=1S/C48H28N4O/c1-2-12-30(13-3-1)46-50-47(33-22-21-29-11-4-5-14-31(29)25-33)52-48(51-46)39-19-10-20-43-44(39)42-28-49-27-41(45(42)53-43)32-23-24-38-36-17-7-6-15-34(36)35-16-8-9-18-37(35)40(38)26-32/h1-28H.